The number of hydrogen-bond acceptors (Lipinski definition) is 3. The fourth-order valence-corrected chi connectivity index (χ4v) is 2.55. The van der Waals surface area contributed by atoms with E-state index in [-0.39, 0.29) is 5.56 Å². The first-order valence-corrected chi connectivity index (χ1v) is 6.50. The third kappa shape index (κ3) is 2.36. The number of benzene rings is 1. The van der Waals surface area contributed by atoms with Crippen LogP contribution in [0.2, 0.25) is 0 Å². The fraction of sp³-hybridized carbons (Fsp3) is 0.357. The van der Waals surface area contributed by atoms with Gasteiger partial charge < -0.3 is 5.11 Å². The number of nitrogens with zero attached hydrogens (tertiary/aromatic N) is 2. The highest BCUT2D eigenvalue weighted by molar-refractivity contribution is 5.88. The van der Waals surface area contributed by atoms with Crippen molar-refractivity contribution in [1.29, 1.82) is 0 Å². The quantitative estimate of drug-likeness (QED) is 0.886. The van der Waals surface area contributed by atoms with E-state index in [1.54, 1.807) is 24.3 Å². The third-order valence-corrected chi connectivity index (χ3v) is 3.63. The average Bonchev–Trinajstić information content (AvgIpc) is 3.10. The van der Waals surface area contributed by atoms with Gasteiger partial charge in [-0.25, -0.2) is 9.78 Å². The lowest BCUT2D eigenvalue weighted by Gasteiger charge is -2.02. The maximum Gasteiger partial charge on any atom is 0.335 e. The van der Waals surface area contributed by atoms with Crippen LogP contribution < -0.4 is 0 Å². The van der Waals surface area contributed by atoms with Gasteiger partial charge in [-0.2, -0.15) is 5.10 Å². The number of carboxylic acids is 1. The van der Waals surface area contributed by atoms with Crippen LogP contribution in [0, 0.1) is 0 Å². The third-order valence-electron chi connectivity index (χ3n) is 3.63. The average molecular weight is 257 g/mol. The van der Waals surface area contributed by atoms with Gasteiger partial charge in [-0.3, -0.25) is 5.10 Å². The van der Waals surface area contributed by atoms with E-state index in [0.29, 0.717) is 11.7 Å². The molecular weight excluding hydrogens is 242 g/mol. The van der Waals surface area contributed by atoms with Gasteiger partial charge in [0.25, 0.3) is 0 Å². The molecule has 2 N–H and O–H groups in total. The van der Waals surface area contributed by atoms with E-state index in [1.807, 2.05) is 0 Å². The molecule has 0 unspecified atom stereocenters. The SMILES string of the molecule is O=C(O)c1ccc(-c2n[nH]c(C3CCCC3)n2)cc1. The molecule has 0 spiro atoms. The summed E-state index contributed by atoms with van der Waals surface area (Å²) in [7, 11) is 0. The predicted octanol–water partition coefficient (Wildman–Crippen LogP) is 2.83. The summed E-state index contributed by atoms with van der Waals surface area (Å²) in [5.74, 6) is 1.17. The highest BCUT2D eigenvalue weighted by Crippen LogP contribution is 2.32. The molecule has 1 fully saturated rings. The number of carboxylic acid groups (broad SMARTS) is 1. The molecule has 5 nitrogen and oxygen atoms in total. The largest absolute Gasteiger partial charge is 0.478 e. The molecule has 5 heteroatoms. The molecule has 0 atom stereocenters. The Morgan fingerprint density at radius 2 is 1.89 bits per heavy atom. The molecule has 1 aromatic heterocycles. The molecule has 0 radical (unpaired) electrons. The number of hydrogen-bond donors (Lipinski definition) is 2. The number of aromatic carboxylic acids is 1. The molecule has 1 heterocycles. The van der Waals surface area contributed by atoms with Gasteiger partial charge in [0, 0.05) is 11.5 Å². The fourth-order valence-electron chi connectivity index (χ4n) is 2.55. The second-order valence-corrected chi connectivity index (χ2v) is 4.91. The van der Waals surface area contributed by atoms with Gasteiger partial charge in [0.15, 0.2) is 5.82 Å². The summed E-state index contributed by atoms with van der Waals surface area (Å²) in [5, 5.41) is 16.1. The molecular formula is C14H15N3O2. The van der Waals surface area contributed by atoms with E-state index in [9.17, 15) is 4.79 Å². The molecule has 19 heavy (non-hydrogen) atoms. The molecule has 0 saturated heterocycles. The highest BCUT2D eigenvalue weighted by Gasteiger charge is 2.20. The molecule has 0 amide bonds. The van der Waals surface area contributed by atoms with Crippen molar-refractivity contribution >= 4 is 5.97 Å². The zero-order valence-corrected chi connectivity index (χ0v) is 10.5. The molecule has 3 rings (SSSR count). The Morgan fingerprint density at radius 3 is 2.53 bits per heavy atom. The van der Waals surface area contributed by atoms with E-state index >= 15 is 0 Å². The Labute approximate surface area is 110 Å². The Balaban J connectivity index is 1.83. The molecule has 1 aliphatic carbocycles. The van der Waals surface area contributed by atoms with Crippen molar-refractivity contribution in [2.45, 2.75) is 31.6 Å². The van der Waals surface area contributed by atoms with Crippen LogP contribution in [-0.4, -0.2) is 26.3 Å². The summed E-state index contributed by atoms with van der Waals surface area (Å²) in [4.78, 5) is 15.3. The minimum Gasteiger partial charge on any atom is -0.478 e. The van der Waals surface area contributed by atoms with Crippen LogP contribution in [-0.2, 0) is 0 Å². The van der Waals surface area contributed by atoms with Crippen molar-refractivity contribution in [1.82, 2.24) is 15.2 Å². The number of aromatic amines is 1. The zero-order chi connectivity index (χ0) is 13.2. The van der Waals surface area contributed by atoms with Crippen molar-refractivity contribution < 1.29 is 9.90 Å². The second-order valence-electron chi connectivity index (χ2n) is 4.91. The lowest BCUT2D eigenvalue weighted by atomic mass is 10.1. The smallest absolute Gasteiger partial charge is 0.335 e. The zero-order valence-electron chi connectivity index (χ0n) is 10.5. The molecule has 1 aromatic carbocycles. The Morgan fingerprint density at radius 1 is 1.21 bits per heavy atom. The van der Waals surface area contributed by atoms with Gasteiger partial charge in [0.1, 0.15) is 5.82 Å². The molecule has 0 aliphatic heterocycles. The molecule has 0 bridgehead atoms. The van der Waals surface area contributed by atoms with E-state index in [0.717, 1.165) is 11.4 Å². The Kier molecular flexibility index (Phi) is 3.03. The monoisotopic (exact) mass is 257 g/mol. The summed E-state index contributed by atoms with van der Waals surface area (Å²) in [6.45, 7) is 0. The minimum absolute atomic E-state index is 0.273. The van der Waals surface area contributed by atoms with Gasteiger partial charge in [-0.1, -0.05) is 25.0 Å². The molecule has 1 aliphatic rings. The standard InChI is InChI=1S/C14H15N3O2/c18-14(19)11-7-5-10(6-8-11)13-15-12(16-17-13)9-3-1-2-4-9/h5-9H,1-4H2,(H,18,19)(H,15,16,17). The highest BCUT2D eigenvalue weighted by atomic mass is 16.4. The summed E-state index contributed by atoms with van der Waals surface area (Å²) in [6.07, 6.45) is 4.86. The van der Waals surface area contributed by atoms with Crippen LogP contribution in [0.5, 0.6) is 0 Å². The Bertz CT molecular complexity index is 583. The molecule has 2 aromatic rings. The number of carbonyl (C=O) groups is 1. The maximum absolute atomic E-state index is 10.8. The van der Waals surface area contributed by atoms with E-state index in [4.69, 9.17) is 5.11 Å². The summed E-state index contributed by atoms with van der Waals surface area (Å²) >= 11 is 0. The minimum atomic E-state index is -0.923. The maximum atomic E-state index is 10.8. The Hall–Kier alpha value is -2.17. The number of aromatic nitrogens is 3. The van der Waals surface area contributed by atoms with Gasteiger partial charge in [0.05, 0.1) is 5.56 Å². The normalized spacial score (nSPS) is 15.8. The molecule has 98 valence electrons. The lowest BCUT2D eigenvalue weighted by Crippen LogP contribution is -1.95. The van der Waals surface area contributed by atoms with Crippen molar-refractivity contribution in [3.63, 3.8) is 0 Å². The van der Waals surface area contributed by atoms with Gasteiger partial charge in [-0.05, 0) is 25.0 Å². The first-order valence-electron chi connectivity index (χ1n) is 6.50. The first kappa shape index (κ1) is 11.9. The van der Waals surface area contributed by atoms with Crippen LogP contribution >= 0.6 is 0 Å². The number of nitrogens with one attached hydrogen (secondary N) is 1. The first-order chi connectivity index (χ1) is 9.24. The molecule has 1 saturated carbocycles. The summed E-state index contributed by atoms with van der Waals surface area (Å²) < 4.78 is 0. The van der Waals surface area contributed by atoms with Crippen molar-refractivity contribution in [3.05, 3.63) is 35.7 Å². The van der Waals surface area contributed by atoms with Gasteiger partial charge in [-0.15, -0.1) is 0 Å². The topological polar surface area (TPSA) is 78.9 Å². The van der Waals surface area contributed by atoms with Crippen LogP contribution in [0.15, 0.2) is 24.3 Å². The number of rotatable bonds is 3. The van der Waals surface area contributed by atoms with Gasteiger partial charge >= 0.3 is 5.97 Å². The van der Waals surface area contributed by atoms with Crippen LogP contribution in [0.1, 0.15) is 47.8 Å². The van der Waals surface area contributed by atoms with Gasteiger partial charge in [0.2, 0.25) is 0 Å². The van der Waals surface area contributed by atoms with Crippen molar-refractivity contribution in [2.24, 2.45) is 0 Å². The van der Waals surface area contributed by atoms with Crippen molar-refractivity contribution in [2.75, 3.05) is 0 Å². The lowest BCUT2D eigenvalue weighted by molar-refractivity contribution is 0.0697. The van der Waals surface area contributed by atoms with E-state index < -0.39 is 5.97 Å². The van der Waals surface area contributed by atoms with Crippen LogP contribution in [0.4, 0.5) is 0 Å². The second kappa shape index (κ2) is 4.84. The summed E-state index contributed by atoms with van der Waals surface area (Å²) in [5.41, 5.74) is 1.11. The van der Waals surface area contributed by atoms with E-state index in [2.05, 4.69) is 15.2 Å². The van der Waals surface area contributed by atoms with E-state index in [1.165, 1.54) is 25.7 Å². The van der Waals surface area contributed by atoms with Crippen LogP contribution in [0.25, 0.3) is 11.4 Å². The van der Waals surface area contributed by atoms with Crippen LogP contribution in [0.3, 0.4) is 0 Å². The van der Waals surface area contributed by atoms with Crippen molar-refractivity contribution in [3.8, 4) is 11.4 Å². The predicted molar refractivity (Wildman–Crippen MR) is 70.0 cm³/mol. The number of H-pyrrole nitrogens is 1. The summed E-state index contributed by atoms with van der Waals surface area (Å²) in [6, 6.07) is 6.63.